The Kier molecular flexibility index (Phi) is 5.21. The zero-order valence-electron chi connectivity index (χ0n) is 14.8. The minimum Gasteiger partial charge on any atom is -0.505 e. The lowest BCUT2D eigenvalue weighted by Crippen LogP contribution is -2.10. The van der Waals surface area contributed by atoms with Crippen molar-refractivity contribution in [3.05, 3.63) is 59.9 Å². The van der Waals surface area contributed by atoms with Gasteiger partial charge in [-0.3, -0.25) is 4.79 Å². The minimum atomic E-state index is -0.798. The summed E-state index contributed by atoms with van der Waals surface area (Å²) in [6.07, 6.45) is 0. The van der Waals surface area contributed by atoms with Gasteiger partial charge >= 0.3 is 11.9 Å². The van der Waals surface area contributed by atoms with Crippen LogP contribution in [-0.4, -0.2) is 29.1 Å². The van der Waals surface area contributed by atoms with E-state index in [0.717, 1.165) is 0 Å². The maximum absolute atomic E-state index is 12.0. The summed E-state index contributed by atoms with van der Waals surface area (Å²) in [5.41, 5.74) is 0.00828. The van der Waals surface area contributed by atoms with Gasteiger partial charge in [0.25, 0.3) is 0 Å². The summed E-state index contributed by atoms with van der Waals surface area (Å²) in [6, 6.07) is 14.1. The Morgan fingerprint density at radius 3 is 2.48 bits per heavy atom. The third-order valence-electron chi connectivity index (χ3n) is 3.80. The van der Waals surface area contributed by atoms with Crippen molar-refractivity contribution in [3.63, 3.8) is 0 Å². The summed E-state index contributed by atoms with van der Waals surface area (Å²) in [4.78, 5) is 27.4. The number of para-hydroxylation sites is 1. The minimum absolute atomic E-state index is 0.189. The lowest BCUT2D eigenvalue weighted by molar-refractivity contribution is -0.142. The van der Waals surface area contributed by atoms with Gasteiger partial charge in [-0.25, -0.2) is 9.78 Å². The normalized spacial score (nSPS) is 10.4. The van der Waals surface area contributed by atoms with Crippen LogP contribution in [0.2, 0.25) is 0 Å². The first-order valence-electron chi connectivity index (χ1n) is 8.10. The number of nitrogens with zero attached hydrogens (tertiary/aromatic N) is 1. The van der Waals surface area contributed by atoms with E-state index in [1.54, 1.807) is 30.3 Å². The number of methoxy groups -OCH3 is 1. The Balaban J connectivity index is 2.20. The predicted molar refractivity (Wildman–Crippen MR) is 96.7 cm³/mol. The van der Waals surface area contributed by atoms with Gasteiger partial charge in [-0.05, 0) is 18.2 Å². The number of aromatic nitrogens is 1. The van der Waals surface area contributed by atoms with Gasteiger partial charge in [0.05, 0.1) is 18.2 Å². The van der Waals surface area contributed by atoms with Gasteiger partial charge in [0, 0.05) is 12.3 Å². The van der Waals surface area contributed by atoms with Crippen LogP contribution in [0.5, 0.6) is 17.2 Å². The summed E-state index contributed by atoms with van der Waals surface area (Å²) in [6.45, 7) is 1.08. The Labute approximate surface area is 155 Å². The van der Waals surface area contributed by atoms with Gasteiger partial charge in [-0.1, -0.05) is 30.3 Å². The quantitative estimate of drug-likeness (QED) is 0.689. The van der Waals surface area contributed by atoms with E-state index in [1.807, 2.05) is 18.2 Å². The molecule has 2 aromatic carbocycles. The van der Waals surface area contributed by atoms with Crippen molar-refractivity contribution in [3.8, 4) is 17.2 Å². The van der Waals surface area contributed by atoms with Crippen LogP contribution in [0, 0.1) is 0 Å². The van der Waals surface area contributed by atoms with E-state index in [0.29, 0.717) is 22.3 Å². The number of fused-ring (bicyclic) bond motifs is 1. The summed E-state index contributed by atoms with van der Waals surface area (Å²) < 4.78 is 15.6. The van der Waals surface area contributed by atoms with Gasteiger partial charge in [0.1, 0.15) is 18.1 Å². The molecule has 3 rings (SSSR count). The first kappa shape index (κ1) is 18.2. The maximum atomic E-state index is 12.0. The molecular formula is C20H17NO6. The van der Waals surface area contributed by atoms with Crippen LogP contribution in [0.1, 0.15) is 23.1 Å². The second-order valence-corrected chi connectivity index (χ2v) is 5.62. The Bertz CT molecular complexity index is 1000. The fraction of sp³-hybridized carbons (Fsp3) is 0.150. The molecule has 138 valence electrons. The van der Waals surface area contributed by atoms with Gasteiger partial charge in [0.15, 0.2) is 11.4 Å². The van der Waals surface area contributed by atoms with Crippen molar-refractivity contribution in [2.45, 2.75) is 13.5 Å². The van der Waals surface area contributed by atoms with Crippen molar-refractivity contribution in [2.24, 2.45) is 0 Å². The molecule has 0 atom stereocenters. The monoisotopic (exact) mass is 367 g/mol. The lowest BCUT2D eigenvalue weighted by Gasteiger charge is -2.15. The van der Waals surface area contributed by atoms with E-state index < -0.39 is 11.9 Å². The second kappa shape index (κ2) is 7.74. The van der Waals surface area contributed by atoms with Gasteiger partial charge in [-0.15, -0.1) is 0 Å². The average Bonchev–Trinajstić information content (AvgIpc) is 2.68. The lowest BCUT2D eigenvalue weighted by atomic mass is 10.1. The maximum Gasteiger partial charge on any atom is 0.360 e. The molecular weight excluding hydrogens is 350 g/mol. The SMILES string of the molecule is COC(=O)c1nc(COC(C)=O)c2c(Oc3ccccc3)cccc2c1O. The van der Waals surface area contributed by atoms with E-state index in [2.05, 4.69) is 9.72 Å². The van der Waals surface area contributed by atoms with Crippen LogP contribution in [-0.2, 0) is 20.9 Å². The summed E-state index contributed by atoms with van der Waals surface area (Å²) >= 11 is 0. The van der Waals surface area contributed by atoms with Crippen LogP contribution < -0.4 is 4.74 Å². The molecule has 1 N–H and O–H groups in total. The number of ether oxygens (including phenoxy) is 3. The molecule has 0 bridgehead atoms. The zero-order chi connectivity index (χ0) is 19.4. The average molecular weight is 367 g/mol. The number of benzene rings is 2. The molecule has 0 spiro atoms. The van der Waals surface area contributed by atoms with Crippen LogP contribution in [0.4, 0.5) is 0 Å². The van der Waals surface area contributed by atoms with Crippen molar-refractivity contribution in [1.82, 2.24) is 4.98 Å². The van der Waals surface area contributed by atoms with Crippen LogP contribution in [0.25, 0.3) is 10.8 Å². The molecule has 7 heteroatoms. The molecule has 0 aliphatic rings. The predicted octanol–water partition coefficient (Wildman–Crippen LogP) is 3.58. The molecule has 0 fully saturated rings. The smallest absolute Gasteiger partial charge is 0.360 e. The number of rotatable bonds is 5. The molecule has 1 aromatic heterocycles. The van der Waals surface area contributed by atoms with Gasteiger partial charge in [-0.2, -0.15) is 0 Å². The Morgan fingerprint density at radius 1 is 1.07 bits per heavy atom. The molecule has 0 saturated carbocycles. The van der Waals surface area contributed by atoms with Crippen LogP contribution in [0.15, 0.2) is 48.5 Å². The molecule has 0 saturated heterocycles. The van der Waals surface area contributed by atoms with E-state index in [1.165, 1.54) is 14.0 Å². The molecule has 0 aliphatic carbocycles. The van der Waals surface area contributed by atoms with Crippen molar-refractivity contribution in [2.75, 3.05) is 7.11 Å². The number of hydrogen-bond acceptors (Lipinski definition) is 7. The highest BCUT2D eigenvalue weighted by Crippen LogP contribution is 2.38. The summed E-state index contributed by atoms with van der Waals surface area (Å²) in [5.74, 6) is -0.645. The van der Waals surface area contributed by atoms with E-state index >= 15 is 0 Å². The number of hydrogen-bond donors (Lipinski definition) is 1. The van der Waals surface area contributed by atoms with Gasteiger partial charge < -0.3 is 19.3 Å². The van der Waals surface area contributed by atoms with Crippen LogP contribution in [0.3, 0.4) is 0 Å². The first-order chi connectivity index (χ1) is 13.0. The van der Waals surface area contributed by atoms with Crippen LogP contribution >= 0.6 is 0 Å². The molecule has 1 heterocycles. The van der Waals surface area contributed by atoms with E-state index in [4.69, 9.17) is 9.47 Å². The number of carbonyl (C=O) groups excluding carboxylic acids is 2. The zero-order valence-corrected chi connectivity index (χ0v) is 14.8. The van der Waals surface area contributed by atoms with E-state index in [9.17, 15) is 14.7 Å². The first-order valence-corrected chi connectivity index (χ1v) is 8.10. The number of aromatic hydroxyl groups is 1. The molecule has 0 unspecified atom stereocenters. The third kappa shape index (κ3) is 3.82. The largest absolute Gasteiger partial charge is 0.505 e. The Hall–Kier alpha value is -3.61. The third-order valence-corrected chi connectivity index (χ3v) is 3.80. The summed E-state index contributed by atoms with van der Waals surface area (Å²) in [5, 5.41) is 11.3. The van der Waals surface area contributed by atoms with Crippen molar-refractivity contribution in [1.29, 1.82) is 0 Å². The number of carbonyl (C=O) groups is 2. The molecule has 0 amide bonds. The molecule has 3 aromatic rings. The molecule has 7 nitrogen and oxygen atoms in total. The highest BCUT2D eigenvalue weighted by Gasteiger charge is 2.22. The highest BCUT2D eigenvalue weighted by atomic mass is 16.5. The van der Waals surface area contributed by atoms with Gasteiger partial charge in [0.2, 0.25) is 0 Å². The van der Waals surface area contributed by atoms with Crippen molar-refractivity contribution >= 4 is 22.7 Å². The van der Waals surface area contributed by atoms with Crippen molar-refractivity contribution < 1.29 is 28.9 Å². The highest BCUT2D eigenvalue weighted by molar-refractivity contribution is 6.02. The Morgan fingerprint density at radius 2 is 1.81 bits per heavy atom. The molecule has 0 aliphatic heterocycles. The summed E-state index contributed by atoms with van der Waals surface area (Å²) in [7, 11) is 1.19. The number of pyridine rings is 1. The molecule has 0 radical (unpaired) electrons. The topological polar surface area (TPSA) is 95.0 Å². The fourth-order valence-electron chi connectivity index (χ4n) is 2.61. The number of esters is 2. The standard InChI is InChI=1S/C20H17NO6/c1-12(22)26-11-15-17-14(19(23)18(21-15)20(24)25-2)9-6-10-16(17)27-13-7-4-3-5-8-13/h3-10,23H,11H2,1-2H3. The second-order valence-electron chi connectivity index (χ2n) is 5.62. The fourth-order valence-corrected chi connectivity index (χ4v) is 2.61. The van der Waals surface area contributed by atoms with E-state index in [-0.39, 0.29) is 23.7 Å². The molecule has 27 heavy (non-hydrogen) atoms.